The SMILES string of the molecule is N#Cc1cnc(S[C@H](C#N)C2CCCCC2)nc1N. The molecule has 0 aromatic carbocycles. The first-order chi connectivity index (χ1) is 9.24. The number of nitrogens with two attached hydrogens (primary N) is 1. The number of hydrogen-bond donors (Lipinski definition) is 1. The summed E-state index contributed by atoms with van der Waals surface area (Å²) in [5.74, 6) is 0.588. The Bertz CT molecular complexity index is 525. The molecule has 1 heterocycles. The molecule has 1 aliphatic carbocycles. The summed E-state index contributed by atoms with van der Waals surface area (Å²) in [5.41, 5.74) is 5.93. The molecule has 0 radical (unpaired) electrons. The van der Waals surface area contributed by atoms with E-state index in [4.69, 9.17) is 11.0 Å². The third-order valence-corrected chi connectivity index (χ3v) is 4.51. The van der Waals surface area contributed by atoms with Crippen LogP contribution in [0.4, 0.5) is 5.82 Å². The van der Waals surface area contributed by atoms with Crippen LogP contribution in [0.25, 0.3) is 0 Å². The summed E-state index contributed by atoms with van der Waals surface area (Å²) in [7, 11) is 0. The molecule has 2 rings (SSSR count). The highest BCUT2D eigenvalue weighted by molar-refractivity contribution is 8.00. The smallest absolute Gasteiger partial charge is 0.190 e. The van der Waals surface area contributed by atoms with Crippen LogP contribution in [0.2, 0.25) is 0 Å². The lowest BCUT2D eigenvalue weighted by molar-refractivity contribution is 0.370. The van der Waals surface area contributed by atoms with Crippen molar-refractivity contribution >= 4 is 17.6 Å². The zero-order valence-electron chi connectivity index (χ0n) is 10.5. The van der Waals surface area contributed by atoms with E-state index in [1.807, 2.05) is 6.07 Å². The fourth-order valence-electron chi connectivity index (χ4n) is 2.30. The lowest BCUT2D eigenvalue weighted by atomic mass is 9.87. The first kappa shape index (κ1) is 13.6. The number of anilines is 1. The molecule has 0 bridgehead atoms. The highest BCUT2D eigenvalue weighted by Crippen LogP contribution is 2.34. The zero-order valence-corrected chi connectivity index (χ0v) is 11.4. The van der Waals surface area contributed by atoms with Crippen molar-refractivity contribution in [1.82, 2.24) is 9.97 Å². The molecule has 1 aliphatic rings. The molecule has 19 heavy (non-hydrogen) atoms. The van der Waals surface area contributed by atoms with E-state index in [2.05, 4.69) is 16.0 Å². The van der Waals surface area contributed by atoms with Crippen molar-refractivity contribution in [3.05, 3.63) is 11.8 Å². The monoisotopic (exact) mass is 273 g/mol. The zero-order chi connectivity index (χ0) is 13.7. The van der Waals surface area contributed by atoms with Gasteiger partial charge in [0.1, 0.15) is 22.7 Å². The van der Waals surface area contributed by atoms with Crippen LogP contribution in [-0.2, 0) is 0 Å². The highest BCUT2D eigenvalue weighted by Gasteiger charge is 2.25. The molecule has 1 fully saturated rings. The second-order valence-corrected chi connectivity index (χ2v) is 5.74. The number of hydrogen-bond acceptors (Lipinski definition) is 6. The number of rotatable bonds is 3. The van der Waals surface area contributed by atoms with Crippen molar-refractivity contribution in [2.45, 2.75) is 42.5 Å². The molecule has 2 N–H and O–H groups in total. The van der Waals surface area contributed by atoms with Gasteiger partial charge in [0.25, 0.3) is 0 Å². The average molecular weight is 273 g/mol. The quantitative estimate of drug-likeness (QED) is 0.671. The Labute approximate surface area is 116 Å². The van der Waals surface area contributed by atoms with Gasteiger partial charge in [-0.15, -0.1) is 0 Å². The molecule has 5 nitrogen and oxygen atoms in total. The van der Waals surface area contributed by atoms with Crippen molar-refractivity contribution in [2.24, 2.45) is 5.92 Å². The van der Waals surface area contributed by atoms with Gasteiger partial charge in [-0.1, -0.05) is 31.0 Å². The molecule has 0 saturated heterocycles. The molecule has 0 unspecified atom stereocenters. The van der Waals surface area contributed by atoms with Crippen LogP contribution in [0.3, 0.4) is 0 Å². The Morgan fingerprint density at radius 1 is 1.32 bits per heavy atom. The van der Waals surface area contributed by atoms with Gasteiger partial charge in [-0.25, -0.2) is 9.97 Å². The molecule has 1 atom stereocenters. The molecule has 0 aliphatic heterocycles. The lowest BCUT2D eigenvalue weighted by Crippen LogP contribution is -2.19. The van der Waals surface area contributed by atoms with E-state index in [1.54, 1.807) is 0 Å². The molecular formula is C13H15N5S. The number of nitrogen functional groups attached to an aromatic ring is 1. The summed E-state index contributed by atoms with van der Waals surface area (Å²) >= 11 is 1.36. The minimum absolute atomic E-state index is 0.132. The van der Waals surface area contributed by atoms with Crippen molar-refractivity contribution in [3.63, 3.8) is 0 Å². The first-order valence-corrected chi connectivity index (χ1v) is 7.21. The van der Waals surface area contributed by atoms with Crippen molar-refractivity contribution in [2.75, 3.05) is 5.73 Å². The fraction of sp³-hybridized carbons (Fsp3) is 0.538. The van der Waals surface area contributed by atoms with Crippen molar-refractivity contribution in [3.8, 4) is 12.1 Å². The third-order valence-electron chi connectivity index (χ3n) is 3.35. The van der Waals surface area contributed by atoms with Crippen molar-refractivity contribution < 1.29 is 0 Å². The Morgan fingerprint density at radius 3 is 2.63 bits per heavy atom. The average Bonchev–Trinajstić information content (AvgIpc) is 2.46. The molecule has 1 saturated carbocycles. The van der Waals surface area contributed by atoms with E-state index in [0.717, 1.165) is 12.8 Å². The predicted molar refractivity (Wildman–Crippen MR) is 73.0 cm³/mol. The maximum atomic E-state index is 9.30. The fourth-order valence-corrected chi connectivity index (χ4v) is 3.31. The maximum Gasteiger partial charge on any atom is 0.190 e. The summed E-state index contributed by atoms with van der Waals surface area (Å²) in [6.07, 6.45) is 7.26. The Kier molecular flexibility index (Phi) is 4.59. The van der Waals surface area contributed by atoms with Crippen molar-refractivity contribution in [1.29, 1.82) is 10.5 Å². The third kappa shape index (κ3) is 3.36. The van der Waals surface area contributed by atoms with Crippen LogP contribution in [0, 0.1) is 28.6 Å². The van der Waals surface area contributed by atoms with Crippen LogP contribution in [0.1, 0.15) is 37.7 Å². The van der Waals surface area contributed by atoms with E-state index in [9.17, 15) is 5.26 Å². The van der Waals surface area contributed by atoms with E-state index in [-0.39, 0.29) is 16.6 Å². The normalized spacial score (nSPS) is 17.4. The number of thioether (sulfide) groups is 1. The number of nitrogens with zero attached hydrogens (tertiary/aromatic N) is 4. The van der Waals surface area contributed by atoms with Gasteiger partial charge >= 0.3 is 0 Å². The molecular weight excluding hydrogens is 258 g/mol. The Morgan fingerprint density at radius 2 is 2.05 bits per heavy atom. The Hall–Kier alpha value is -1.79. The van der Waals surface area contributed by atoms with Crippen LogP contribution in [0.5, 0.6) is 0 Å². The molecule has 0 amide bonds. The van der Waals surface area contributed by atoms with E-state index in [0.29, 0.717) is 11.1 Å². The van der Waals surface area contributed by atoms with Crippen LogP contribution in [0.15, 0.2) is 11.4 Å². The molecule has 1 aromatic rings. The molecule has 6 heteroatoms. The van der Waals surface area contributed by atoms with Gasteiger partial charge in [-0.2, -0.15) is 10.5 Å². The minimum atomic E-state index is -0.132. The molecule has 98 valence electrons. The standard InChI is InChI=1S/C13H15N5S/c14-6-10-8-17-13(18-12(10)16)19-11(7-15)9-4-2-1-3-5-9/h8-9,11H,1-5H2,(H2,16,17,18)/t11-/m1/s1. The van der Waals surface area contributed by atoms with Crippen LogP contribution >= 0.6 is 11.8 Å². The van der Waals surface area contributed by atoms with Gasteiger partial charge in [-0.3, -0.25) is 0 Å². The van der Waals surface area contributed by atoms with Gasteiger partial charge in [-0.05, 0) is 18.8 Å². The first-order valence-electron chi connectivity index (χ1n) is 6.33. The van der Waals surface area contributed by atoms with Gasteiger partial charge in [0.05, 0.1) is 12.3 Å². The van der Waals surface area contributed by atoms with Gasteiger partial charge in [0.15, 0.2) is 5.16 Å². The van der Waals surface area contributed by atoms with E-state index in [1.165, 1.54) is 37.2 Å². The summed E-state index contributed by atoms with van der Waals surface area (Å²) in [6, 6.07) is 4.27. The summed E-state index contributed by atoms with van der Waals surface area (Å²) in [6.45, 7) is 0. The predicted octanol–water partition coefficient (Wildman–Crippen LogP) is 2.50. The van der Waals surface area contributed by atoms with Gasteiger partial charge in [0.2, 0.25) is 0 Å². The lowest BCUT2D eigenvalue weighted by Gasteiger charge is -2.24. The maximum absolute atomic E-state index is 9.30. The summed E-state index contributed by atoms with van der Waals surface area (Å²) < 4.78 is 0. The van der Waals surface area contributed by atoms with E-state index < -0.39 is 0 Å². The summed E-state index contributed by atoms with van der Waals surface area (Å²) in [5, 5.41) is 18.4. The Balaban J connectivity index is 2.08. The number of nitriles is 2. The second kappa shape index (κ2) is 6.40. The molecule has 0 spiro atoms. The van der Waals surface area contributed by atoms with Crippen LogP contribution in [-0.4, -0.2) is 15.2 Å². The molecule has 1 aromatic heterocycles. The summed E-state index contributed by atoms with van der Waals surface area (Å²) in [4.78, 5) is 8.17. The number of aromatic nitrogens is 2. The topological polar surface area (TPSA) is 99.4 Å². The van der Waals surface area contributed by atoms with E-state index >= 15 is 0 Å². The second-order valence-electron chi connectivity index (χ2n) is 4.63. The highest BCUT2D eigenvalue weighted by atomic mass is 32.2. The van der Waals surface area contributed by atoms with Gasteiger partial charge in [0, 0.05) is 0 Å². The van der Waals surface area contributed by atoms with Crippen LogP contribution < -0.4 is 5.73 Å². The van der Waals surface area contributed by atoms with Gasteiger partial charge < -0.3 is 5.73 Å². The minimum Gasteiger partial charge on any atom is -0.382 e. The largest absolute Gasteiger partial charge is 0.382 e.